The predicted octanol–water partition coefficient (Wildman–Crippen LogP) is 5.52. The number of nitrogens with zero attached hydrogens (tertiary/aromatic N) is 2. The van der Waals surface area contributed by atoms with Crippen molar-refractivity contribution >= 4 is 40.7 Å². The largest absolute Gasteiger partial charge is 0.479 e. The van der Waals surface area contributed by atoms with Gasteiger partial charge in [0.1, 0.15) is 11.3 Å². The summed E-state index contributed by atoms with van der Waals surface area (Å²) < 4.78 is 10.9. The summed E-state index contributed by atoms with van der Waals surface area (Å²) in [6, 6.07) is 9.14. The van der Waals surface area contributed by atoms with Crippen molar-refractivity contribution in [3.8, 4) is 17.6 Å². The molecule has 11 nitrogen and oxygen atoms in total. The van der Waals surface area contributed by atoms with E-state index in [1.165, 1.54) is 18.6 Å². The van der Waals surface area contributed by atoms with Crippen LogP contribution in [0.25, 0.3) is 5.57 Å². The summed E-state index contributed by atoms with van der Waals surface area (Å²) in [5.41, 5.74) is 4.35. The Hall–Kier alpha value is -4.85. The minimum absolute atomic E-state index is 0.0354. The van der Waals surface area contributed by atoms with Gasteiger partial charge in [0.25, 0.3) is 5.91 Å². The van der Waals surface area contributed by atoms with Gasteiger partial charge in [0.2, 0.25) is 5.78 Å². The minimum atomic E-state index is -1.15. The molecule has 5 rings (SSSR count). The van der Waals surface area contributed by atoms with Crippen molar-refractivity contribution in [2.45, 2.75) is 72.0 Å². The number of hydrogen-bond acceptors (Lipinski definition) is 9. The molecule has 1 aliphatic heterocycles. The van der Waals surface area contributed by atoms with Crippen molar-refractivity contribution < 1.29 is 33.6 Å². The Kier molecular flexibility index (Phi) is 8.80. The zero-order valence-electron chi connectivity index (χ0n) is 24.8. The molecule has 0 spiro atoms. The first-order valence-corrected chi connectivity index (χ1v) is 14.1. The van der Waals surface area contributed by atoms with E-state index in [1.54, 1.807) is 19.9 Å². The van der Waals surface area contributed by atoms with Gasteiger partial charge in [-0.1, -0.05) is 45.9 Å². The summed E-state index contributed by atoms with van der Waals surface area (Å²) in [5.74, 6) is -0.504. The monoisotopic (exact) mass is 587 g/mol. The van der Waals surface area contributed by atoms with Gasteiger partial charge in [0.15, 0.2) is 30.0 Å². The van der Waals surface area contributed by atoms with E-state index < -0.39 is 28.6 Å². The van der Waals surface area contributed by atoms with E-state index in [4.69, 9.17) is 14.7 Å². The molecule has 2 aliphatic carbocycles. The smallest absolute Gasteiger partial charge is 0.321 e. The van der Waals surface area contributed by atoms with Gasteiger partial charge >= 0.3 is 5.69 Å². The summed E-state index contributed by atoms with van der Waals surface area (Å²) in [7, 11) is 0. The number of aldehydes is 1. The molecule has 43 heavy (non-hydrogen) atoms. The Balaban J connectivity index is 0.000000197. The Morgan fingerprint density at radius 3 is 2.33 bits per heavy atom. The highest BCUT2D eigenvalue weighted by molar-refractivity contribution is 6.27. The summed E-state index contributed by atoms with van der Waals surface area (Å²) in [6.07, 6.45) is 0.816. The number of hydrogen-bond donors (Lipinski definition) is 1. The number of nitrogens with one attached hydrogen (secondary N) is 1. The second-order valence-electron chi connectivity index (χ2n) is 11.1. The van der Waals surface area contributed by atoms with Crippen LogP contribution in [-0.2, 0) is 14.4 Å². The van der Waals surface area contributed by atoms with Crippen LogP contribution in [0.15, 0.2) is 30.3 Å². The number of nitro groups is 1. The van der Waals surface area contributed by atoms with E-state index >= 15 is 0 Å². The van der Waals surface area contributed by atoms with Crippen molar-refractivity contribution in [2.24, 2.45) is 11.8 Å². The van der Waals surface area contributed by atoms with Crippen molar-refractivity contribution in [2.75, 3.05) is 5.32 Å². The van der Waals surface area contributed by atoms with Crippen LogP contribution in [0.1, 0.15) is 86.8 Å². The zero-order chi connectivity index (χ0) is 31.7. The van der Waals surface area contributed by atoms with E-state index in [1.807, 2.05) is 19.1 Å². The molecule has 6 unspecified atom stereocenters. The van der Waals surface area contributed by atoms with Crippen LogP contribution >= 0.6 is 0 Å². The number of fused-ring (bicyclic) bond motifs is 4. The van der Waals surface area contributed by atoms with Crippen LogP contribution in [0.3, 0.4) is 0 Å². The maximum absolute atomic E-state index is 12.3. The fourth-order valence-corrected chi connectivity index (χ4v) is 5.76. The van der Waals surface area contributed by atoms with E-state index in [0.29, 0.717) is 29.6 Å². The summed E-state index contributed by atoms with van der Waals surface area (Å²) in [5, 5.41) is 23.2. The number of nitriles is 1. The summed E-state index contributed by atoms with van der Waals surface area (Å²) >= 11 is 0. The highest BCUT2D eigenvalue weighted by Gasteiger charge is 2.42. The molecule has 0 fully saturated rings. The van der Waals surface area contributed by atoms with Crippen molar-refractivity contribution in [3.63, 3.8) is 0 Å². The number of ketones is 2. The molecule has 224 valence electrons. The standard InChI is InChI=1S/C17H18N2O2.C15H15NO6/c1-9-10(2)13-6-7-14-16(19-17(20)11(3)21-14)15(13)12(9)5-4-8-18;1-7-8(2)15(19)13-10(7)4-5-12(14(13)16(20)21)22-9(3)11(18)6-17/h5-7,9-11H,4H2,1-3H3,(H,19,20);4-9H,1-3H3. The van der Waals surface area contributed by atoms with Crippen LogP contribution in [0, 0.1) is 33.3 Å². The molecule has 0 radical (unpaired) electrons. The van der Waals surface area contributed by atoms with Crippen molar-refractivity contribution in [1.82, 2.24) is 0 Å². The molecular formula is C32H33N3O8. The number of rotatable bonds is 6. The molecule has 2 aromatic carbocycles. The van der Waals surface area contributed by atoms with Gasteiger partial charge < -0.3 is 14.8 Å². The van der Waals surface area contributed by atoms with Crippen LogP contribution in [0.2, 0.25) is 0 Å². The van der Waals surface area contributed by atoms with Crippen LogP contribution < -0.4 is 14.8 Å². The number of amides is 1. The van der Waals surface area contributed by atoms with Crippen molar-refractivity contribution in [3.05, 3.63) is 62.7 Å². The molecule has 0 saturated carbocycles. The molecule has 1 amide bonds. The summed E-state index contributed by atoms with van der Waals surface area (Å²) in [6.45, 7) is 10.9. The van der Waals surface area contributed by atoms with Gasteiger partial charge in [-0.05, 0) is 60.4 Å². The second kappa shape index (κ2) is 12.2. The highest BCUT2D eigenvalue weighted by Crippen LogP contribution is 2.52. The number of ether oxygens (including phenoxy) is 2. The molecule has 0 bridgehead atoms. The molecule has 0 aromatic heterocycles. The van der Waals surface area contributed by atoms with Gasteiger partial charge in [-0.3, -0.25) is 29.3 Å². The lowest BCUT2D eigenvalue weighted by molar-refractivity contribution is -0.386. The highest BCUT2D eigenvalue weighted by atomic mass is 16.6. The third-order valence-corrected chi connectivity index (χ3v) is 8.63. The Labute approximate surface area is 249 Å². The zero-order valence-corrected chi connectivity index (χ0v) is 24.8. The number of benzene rings is 2. The van der Waals surface area contributed by atoms with E-state index in [2.05, 4.69) is 31.3 Å². The molecule has 6 atom stereocenters. The first-order valence-electron chi connectivity index (χ1n) is 14.1. The van der Waals surface area contributed by atoms with Crippen molar-refractivity contribution in [1.29, 1.82) is 5.26 Å². The number of nitro benzene ring substituents is 1. The molecule has 2 aromatic rings. The number of allylic oxidation sites excluding steroid dienone is 2. The molecular weight excluding hydrogens is 554 g/mol. The molecule has 3 aliphatic rings. The average molecular weight is 588 g/mol. The summed E-state index contributed by atoms with van der Waals surface area (Å²) in [4.78, 5) is 56.6. The first kappa shape index (κ1) is 31.1. The van der Waals surface area contributed by atoms with E-state index in [-0.39, 0.29) is 41.1 Å². The number of anilines is 1. The molecule has 1 heterocycles. The van der Waals surface area contributed by atoms with Gasteiger partial charge in [-0.25, -0.2) is 0 Å². The van der Waals surface area contributed by atoms with E-state index in [9.17, 15) is 29.3 Å². The van der Waals surface area contributed by atoms with Gasteiger partial charge in [-0.2, -0.15) is 5.26 Å². The fraction of sp³-hybridized carbons (Fsp3) is 0.406. The molecule has 1 N–H and O–H groups in total. The molecule has 0 saturated heterocycles. The lowest BCUT2D eigenvalue weighted by Gasteiger charge is -2.25. The topological polar surface area (TPSA) is 166 Å². The normalized spacial score (nSPS) is 24.7. The lowest BCUT2D eigenvalue weighted by atomic mass is 9.94. The fourth-order valence-electron chi connectivity index (χ4n) is 5.76. The van der Waals surface area contributed by atoms with Gasteiger partial charge in [-0.15, -0.1) is 0 Å². The van der Waals surface area contributed by atoms with Crippen LogP contribution in [-0.4, -0.2) is 40.9 Å². The maximum Gasteiger partial charge on any atom is 0.321 e. The number of carbonyl (C=O) groups is 4. The first-order chi connectivity index (χ1) is 20.3. The van der Waals surface area contributed by atoms with Gasteiger partial charge in [0, 0.05) is 11.5 Å². The van der Waals surface area contributed by atoms with Crippen LogP contribution in [0.5, 0.6) is 11.5 Å². The lowest BCUT2D eigenvalue weighted by Crippen LogP contribution is -2.34. The second-order valence-corrected chi connectivity index (χ2v) is 11.1. The Morgan fingerprint density at radius 1 is 1.07 bits per heavy atom. The minimum Gasteiger partial charge on any atom is -0.479 e. The third kappa shape index (κ3) is 5.52. The Morgan fingerprint density at radius 2 is 1.70 bits per heavy atom. The predicted molar refractivity (Wildman–Crippen MR) is 157 cm³/mol. The maximum atomic E-state index is 12.3. The third-order valence-electron chi connectivity index (χ3n) is 8.63. The van der Waals surface area contributed by atoms with Gasteiger partial charge in [0.05, 0.1) is 23.1 Å². The quantitative estimate of drug-likeness (QED) is 0.198. The van der Waals surface area contributed by atoms with Crippen LogP contribution in [0.4, 0.5) is 11.4 Å². The Bertz CT molecular complexity index is 1600. The van der Waals surface area contributed by atoms with E-state index in [0.717, 1.165) is 16.8 Å². The SMILES string of the molecule is CC(Oc1ccc2c(c1[N+](=O)[O-])C(=O)C(C)C2C)C(=O)C=O.CC1Oc2ccc3c(c2NC1=O)C(=CCC#N)C(C)C3C. The number of Topliss-reactive ketones (excluding diaryl/α,β-unsaturated/α-hetero) is 2. The number of carbonyl (C=O) groups excluding carboxylic acids is 4. The average Bonchev–Trinajstić information content (AvgIpc) is 3.35. The molecule has 11 heteroatoms.